The molecule has 0 aliphatic carbocycles. The highest BCUT2D eigenvalue weighted by atomic mass is 35.5. The van der Waals surface area contributed by atoms with Gasteiger partial charge in [-0.15, -0.1) is 4.73 Å². The van der Waals surface area contributed by atoms with Crippen LogP contribution in [0.5, 0.6) is 0 Å². The van der Waals surface area contributed by atoms with E-state index in [-0.39, 0.29) is 29.0 Å². The minimum Gasteiger partial charge on any atom is -0.618 e. The van der Waals surface area contributed by atoms with Crippen molar-refractivity contribution in [1.29, 1.82) is 0 Å². The van der Waals surface area contributed by atoms with Gasteiger partial charge >= 0.3 is 11.6 Å². The third-order valence-electron chi connectivity index (χ3n) is 5.06. The quantitative estimate of drug-likeness (QED) is 0.283. The van der Waals surface area contributed by atoms with E-state index >= 15 is 0 Å². The van der Waals surface area contributed by atoms with Crippen molar-refractivity contribution in [3.8, 4) is 0 Å². The number of anilines is 1. The second-order valence-electron chi connectivity index (χ2n) is 7.22. The molecule has 0 atom stereocenters. The Morgan fingerprint density at radius 2 is 1.84 bits per heavy atom. The second-order valence-corrected chi connectivity index (χ2v) is 7.65. The zero-order valence-electron chi connectivity index (χ0n) is 17.0. The first-order chi connectivity index (χ1) is 14.9. The summed E-state index contributed by atoms with van der Waals surface area (Å²) in [7, 11) is 0. The molecule has 1 amide bonds. The Morgan fingerprint density at radius 1 is 1.03 bits per heavy atom. The van der Waals surface area contributed by atoms with Crippen molar-refractivity contribution in [2.24, 2.45) is 0 Å². The number of halogens is 1. The predicted molar refractivity (Wildman–Crippen MR) is 119 cm³/mol. The smallest absolute Gasteiger partial charge is 0.350 e. The summed E-state index contributed by atoms with van der Waals surface area (Å²) < 4.78 is 1.14. The number of nitrogens with one attached hydrogen (secondary N) is 2. The van der Waals surface area contributed by atoms with Crippen molar-refractivity contribution in [3.05, 3.63) is 81.0 Å². The van der Waals surface area contributed by atoms with Crippen molar-refractivity contribution in [2.45, 2.75) is 13.8 Å². The molecule has 2 aromatic heterocycles. The predicted octanol–water partition coefficient (Wildman–Crippen LogP) is 2.77. The van der Waals surface area contributed by atoms with Gasteiger partial charge in [0.05, 0.1) is 5.52 Å². The first-order valence-corrected chi connectivity index (χ1v) is 10.1. The summed E-state index contributed by atoms with van der Waals surface area (Å²) >= 11 is 6.01. The lowest BCUT2D eigenvalue weighted by molar-refractivity contribution is -0.635. The van der Waals surface area contributed by atoms with Gasteiger partial charge < -0.3 is 21.0 Å². The average Bonchev–Trinajstić information content (AvgIpc) is 2.75. The summed E-state index contributed by atoms with van der Waals surface area (Å²) in [5.74, 6) is -0.603. The molecule has 0 saturated heterocycles. The number of aromatic nitrogens is 3. The number of rotatable bonds is 5. The standard InChI is InChI=1S/C22H20ClN5O3/c1-13-3-6-19-20(11-13)28(31)21(14(2)27(19)30)22(29)26-10-9-25-17-7-8-24-18-12-15(23)4-5-16(17)18/h3-8,11-12H,9-10H2,1-2H3,(H,24,25)(H,26,29). The number of benzene rings is 2. The summed E-state index contributed by atoms with van der Waals surface area (Å²) in [6, 6.07) is 12.2. The molecule has 0 spiro atoms. The molecule has 0 bridgehead atoms. The van der Waals surface area contributed by atoms with Crippen molar-refractivity contribution < 1.29 is 14.3 Å². The molecule has 2 aromatic carbocycles. The molecule has 0 aliphatic rings. The topological polar surface area (TPSA) is 108 Å². The summed E-state index contributed by atoms with van der Waals surface area (Å²) in [5.41, 5.74) is 2.65. The first-order valence-electron chi connectivity index (χ1n) is 9.69. The van der Waals surface area contributed by atoms with E-state index in [0.29, 0.717) is 21.0 Å². The Labute approximate surface area is 183 Å². The molecule has 2 heterocycles. The molecule has 4 aromatic rings. The van der Waals surface area contributed by atoms with E-state index in [2.05, 4.69) is 15.6 Å². The third kappa shape index (κ3) is 3.89. The lowest BCUT2D eigenvalue weighted by atomic mass is 10.2. The van der Waals surface area contributed by atoms with Crippen LogP contribution in [0.15, 0.2) is 48.7 Å². The van der Waals surface area contributed by atoms with Crippen LogP contribution in [-0.2, 0) is 0 Å². The van der Waals surface area contributed by atoms with Crippen molar-refractivity contribution in [1.82, 2.24) is 10.3 Å². The van der Waals surface area contributed by atoms with Gasteiger partial charge in [-0.1, -0.05) is 17.7 Å². The van der Waals surface area contributed by atoms with E-state index in [1.54, 1.807) is 36.5 Å². The van der Waals surface area contributed by atoms with E-state index in [1.807, 2.05) is 19.1 Å². The van der Waals surface area contributed by atoms with Gasteiger partial charge in [-0.05, 0) is 36.8 Å². The second kappa shape index (κ2) is 8.23. The van der Waals surface area contributed by atoms with Gasteiger partial charge in [0.25, 0.3) is 16.7 Å². The number of aryl methyl sites for hydroxylation is 1. The Bertz CT molecular complexity index is 1330. The van der Waals surface area contributed by atoms with Crippen LogP contribution in [0.4, 0.5) is 5.69 Å². The number of nitrogens with zero attached hydrogens (tertiary/aromatic N) is 3. The van der Waals surface area contributed by atoms with Crippen molar-refractivity contribution in [2.75, 3.05) is 18.4 Å². The van der Waals surface area contributed by atoms with Crippen LogP contribution in [0.2, 0.25) is 5.02 Å². The highest BCUT2D eigenvalue weighted by Gasteiger charge is 2.30. The third-order valence-corrected chi connectivity index (χ3v) is 5.30. The molecule has 158 valence electrons. The summed E-state index contributed by atoms with van der Waals surface area (Å²) in [5, 5.41) is 32.8. The molecule has 9 heteroatoms. The van der Waals surface area contributed by atoms with Gasteiger partial charge in [0.1, 0.15) is 0 Å². The maximum absolute atomic E-state index is 12.8. The largest absolute Gasteiger partial charge is 0.618 e. The average molecular weight is 438 g/mol. The molecule has 0 saturated carbocycles. The maximum atomic E-state index is 12.8. The molecule has 0 fully saturated rings. The van der Waals surface area contributed by atoms with Crippen LogP contribution < -0.4 is 20.1 Å². The number of carbonyl (C=O) groups is 1. The number of amides is 1. The Kier molecular flexibility index (Phi) is 5.48. The van der Waals surface area contributed by atoms with E-state index in [0.717, 1.165) is 22.2 Å². The highest BCUT2D eigenvalue weighted by Crippen LogP contribution is 2.24. The fourth-order valence-electron chi connectivity index (χ4n) is 3.50. The van der Waals surface area contributed by atoms with Gasteiger partial charge in [-0.2, -0.15) is 4.73 Å². The lowest BCUT2D eigenvalue weighted by Crippen LogP contribution is -2.49. The molecule has 0 aliphatic heterocycles. The molecule has 2 N–H and O–H groups in total. The zero-order valence-corrected chi connectivity index (χ0v) is 17.7. The number of fused-ring (bicyclic) bond motifs is 2. The van der Waals surface area contributed by atoms with Crippen LogP contribution in [0.1, 0.15) is 21.7 Å². The molecule has 4 rings (SSSR count). The number of hydrogen-bond acceptors (Lipinski definition) is 5. The molecular weight excluding hydrogens is 418 g/mol. The van der Waals surface area contributed by atoms with Gasteiger partial charge in [0, 0.05) is 54.4 Å². The normalized spacial score (nSPS) is 11.1. The molecule has 0 radical (unpaired) electrons. The van der Waals surface area contributed by atoms with Crippen LogP contribution in [0.3, 0.4) is 0 Å². The SMILES string of the molecule is Cc1ccc2c(c1)[n+]([O-])c(C(=O)NCCNc1ccnc3cc(Cl)ccc13)c(C)[n+]2[O-]. The maximum Gasteiger partial charge on any atom is 0.350 e. The molecule has 31 heavy (non-hydrogen) atoms. The molecular formula is C22H20ClN5O3. The molecule has 0 unspecified atom stereocenters. The van der Waals surface area contributed by atoms with E-state index in [1.165, 1.54) is 6.92 Å². The summed E-state index contributed by atoms with van der Waals surface area (Å²) in [6.45, 7) is 3.94. The van der Waals surface area contributed by atoms with Crippen molar-refractivity contribution >= 4 is 45.1 Å². The fourth-order valence-corrected chi connectivity index (χ4v) is 3.67. The summed E-state index contributed by atoms with van der Waals surface area (Å²) in [6.07, 6.45) is 1.67. The Balaban J connectivity index is 1.49. The van der Waals surface area contributed by atoms with Gasteiger partial charge in [-0.3, -0.25) is 9.78 Å². The minimum absolute atomic E-state index is 0.0498. The van der Waals surface area contributed by atoms with E-state index < -0.39 is 5.91 Å². The van der Waals surface area contributed by atoms with Gasteiger partial charge in [0.2, 0.25) is 0 Å². The highest BCUT2D eigenvalue weighted by molar-refractivity contribution is 6.31. The van der Waals surface area contributed by atoms with Crippen LogP contribution in [0, 0.1) is 24.3 Å². The lowest BCUT2D eigenvalue weighted by Gasteiger charge is -2.12. The van der Waals surface area contributed by atoms with E-state index in [9.17, 15) is 15.2 Å². The minimum atomic E-state index is -0.603. The fraction of sp³-hybridized carbons (Fsp3) is 0.182. The molecule has 8 nitrogen and oxygen atoms in total. The zero-order chi connectivity index (χ0) is 22.1. The Morgan fingerprint density at radius 3 is 2.65 bits per heavy atom. The van der Waals surface area contributed by atoms with Crippen LogP contribution in [-0.4, -0.2) is 24.0 Å². The monoisotopic (exact) mass is 437 g/mol. The van der Waals surface area contributed by atoms with Gasteiger partial charge in [0.15, 0.2) is 0 Å². The first kappa shape index (κ1) is 20.6. The van der Waals surface area contributed by atoms with Gasteiger partial charge in [-0.25, -0.2) is 0 Å². The Hall–Kier alpha value is -3.65. The number of hydrogen-bond donors (Lipinski definition) is 2. The van der Waals surface area contributed by atoms with E-state index in [4.69, 9.17) is 11.6 Å². The van der Waals surface area contributed by atoms with Crippen molar-refractivity contribution in [3.63, 3.8) is 0 Å². The number of carbonyl (C=O) groups excluding carboxylic acids is 1. The van der Waals surface area contributed by atoms with Crippen LogP contribution >= 0.6 is 11.6 Å². The van der Waals surface area contributed by atoms with Crippen LogP contribution in [0.25, 0.3) is 21.9 Å². The number of pyridine rings is 1. The summed E-state index contributed by atoms with van der Waals surface area (Å²) in [4.78, 5) is 17.0.